The van der Waals surface area contributed by atoms with Crippen molar-refractivity contribution >= 4 is 28.8 Å². The van der Waals surface area contributed by atoms with Crippen molar-refractivity contribution in [3.05, 3.63) is 53.1 Å². The van der Waals surface area contributed by atoms with E-state index < -0.39 is 51.3 Å². The van der Waals surface area contributed by atoms with Crippen molar-refractivity contribution in [1.82, 2.24) is 9.73 Å². The smallest absolute Gasteiger partial charge is 0.417 e. The molecule has 2 aliphatic heterocycles. The van der Waals surface area contributed by atoms with Crippen molar-refractivity contribution in [2.24, 2.45) is 5.92 Å². The molecule has 0 radical (unpaired) electrons. The summed E-state index contributed by atoms with van der Waals surface area (Å²) in [5, 5.41) is 10.2. The molecule has 45 heavy (non-hydrogen) atoms. The number of nitrogens with one attached hydrogen (secondary N) is 1. The van der Waals surface area contributed by atoms with E-state index in [-0.39, 0.29) is 18.2 Å². The van der Waals surface area contributed by atoms with Crippen molar-refractivity contribution in [1.29, 1.82) is 5.26 Å². The molecule has 1 unspecified atom stereocenters. The molecule has 2 amide bonds. The first-order valence-corrected chi connectivity index (χ1v) is 16.2. The number of nitriles is 1. The van der Waals surface area contributed by atoms with Crippen LogP contribution in [0.25, 0.3) is 0 Å². The first kappa shape index (κ1) is 34.4. The van der Waals surface area contributed by atoms with Crippen LogP contribution < -0.4 is 14.6 Å². The van der Waals surface area contributed by atoms with Gasteiger partial charge >= 0.3 is 12.3 Å². The number of hydrogen-bond donors (Lipinski definition) is 2. The summed E-state index contributed by atoms with van der Waals surface area (Å²) in [5.41, 5.74) is -1.58. The number of amides is 2. The molecule has 2 aromatic rings. The third-order valence-electron chi connectivity index (χ3n) is 7.89. The first-order chi connectivity index (χ1) is 21.0. The van der Waals surface area contributed by atoms with E-state index in [0.29, 0.717) is 36.9 Å². The highest BCUT2D eigenvalue weighted by atomic mass is 32.2. The van der Waals surface area contributed by atoms with Crippen molar-refractivity contribution in [3.8, 4) is 11.8 Å². The highest BCUT2D eigenvalue weighted by Gasteiger charge is 2.47. The Labute approximate surface area is 264 Å². The van der Waals surface area contributed by atoms with Gasteiger partial charge in [0.05, 0.1) is 40.9 Å². The number of halogens is 4. The molecule has 1 atom stereocenters. The molecule has 2 aromatic carbocycles. The summed E-state index contributed by atoms with van der Waals surface area (Å²) < 4.78 is 65.0. The molecule has 0 aromatic heterocycles. The number of carbonyl (C=O) groups is 2. The zero-order valence-electron chi connectivity index (χ0n) is 26.1. The maximum absolute atomic E-state index is 13.6. The summed E-state index contributed by atoms with van der Waals surface area (Å²) in [6.07, 6.45) is -2.53. The fraction of sp³-hybridized carbons (Fsp3) is 0.531. The fourth-order valence-corrected chi connectivity index (χ4v) is 7.62. The van der Waals surface area contributed by atoms with Crippen LogP contribution in [0.3, 0.4) is 0 Å². The average Bonchev–Trinajstić information content (AvgIpc) is 3.20. The second-order valence-corrected chi connectivity index (χ2v) is 15.3. The summed E-state index contributed by atoms with van der Waals surface area (Å²) in [6, 6.07) is 10.1. The number of ether oxygens (including phenoxy) is 2. The number of nitrogens with zero attached hydrogens (tertiary/aromatic N) is 3. The van der Waals surface area contributed by atoms with E-state index >= 15 is 0 Å². The van der Waals surface area contributed by atoms with Crippen LogP contribution in [0.5, 0.6) is 5.75 Å². The highest BCUT2D eigenvalue weighted by Crippen LogP contribution is 2.52. The van der Waals surface area contributed by atoms with Crippen LogP contribution in [-0.2, 0) is 22.1 Å². The molecule has 2 fully saturated rings. The van der Waals surface area contributed by atoms with Crippen molar-refractivity contribution in [2.75, 3.05) is 31.4 Å². The van der Waals surface area contributed by atoms with Gasteiger partial charge in [0.15, 0.2) is 0 Å². The van der Waals surface area contributed by atoms with Gasteiger partial charge in [-0.3, -0.25) is 9.18 Å². The van der Waals surface area contributed by atoms with Crippen LogP contribution in [0.2, 0.25) is 0 Å². The molecule has 0 aliphatic carbocycles. The predicted molar refractivity (Wildman–Crippen MR) is 165 cm³/mol. The molecular formula is C32H40F4N4O4S. The number of likely N-dealkylation sites (tertiary alicyclic amines) is 1. The van der Waals surface area contributed by atoms with Crippen LogP contribution in [0.4, 0.5) is 28.0 Å². The minimum absolute atomic E-state index is 0.0229. The van der Waals surface area contributed by atoms with Crippen molar-refractivity contribution in [3.63, 3.8) is 0 Å². The third kappa shape index (κ3) is 8.02. The summed E-state index contributed by atoms with van der Waals surface area (Å²) in [4.78, 5) is 31.3. The number of thiol groups is 1. The molecule has 8 nitrogen and oxygen atoms in total. The fourth-order valence-electron chi connectivity index (χ4n) is 5.41. The Bertz CT molecular complexity index is 1450. The lowest BCUT2D eigenvalue weighted by Gasteiger charge is -2.33. The molecule has 4 rings (SSSR count). The van der Waals surface area contributed by atoms with E-state index in [2.05, 4.69) is 4.83 Å². The Morgan fingerprint density at radius 3 is 2.42 bits per heavy atom. The summed E-state index contributed by atoms with van der Waals surface area (Å²) in [7, 11) is 0. The maximum Gasteiger partial charge on any atom is 0.417 e. The number of anilines is 1. The lowest BCUT2D eigenvalue weighted by Crippen LogP contribution is -2.41. The van der Waals surface area contributed by atoms with Gasteiger partial charge in [0.2, 0.25) is 0 Å². The van der Waals surface area contributed by atoms with E-state index in [0.717, 1.165) is 41.3 Å². The van der Waals surface area contributed by atoms with E-state index in [4.69, 9.17) is 14.7 Å². The lowest BCUT2D eigenvalue weighted by atomic mass is 9.94. The molecule has 13 heteroatoms. The number of hydrazine groups is 1. The van der Waals surface area contributed by atoms with E-state index in [1.165, 1.54) is 6.07 Å². The van der Waals surface area contributed by atoms with E-state index in [1.807, 2.05) is 20.8 Å². The van der Waals surface area contributed by atoms with Crippen LogP contribution in [0, 0.1) is 17.2 Å². The van der Waals surface area contributed by atoms with Crippen LogP contribution in [-0.4, -0.2) is 53.6 Å². The quantitative estimate of drug-likeness (QED) is 0.233. The first-order valence-electron chi connectivity index (χ1n) is 14.9. The molecule has 0 saturated carbocycles. The minimum Gasteiger partial charge on any atom is -0.493 e. The van der Waals surface area contributed by atoms with Crippen LogP contribution in [0.1, 0.15) is 70.6 Å². The number of benzene rings is 2. The van der Waals surface area contributed by atoms with Gasteiger partial charge in [0.25, 0.3) is 5.91 Å². The average molecular weight is 653 g/mol. The lowest BCUT2D eigenvalue weighted by molar-refractivity contribution is -0.137. The third-order valence-corrected chi connectivity index (χ3v) is 10.4. The number of rotatable bonds is 8. The number of carbonyl (C=O) groups excluding carboxylic acids is 2. The molecule has 2 aliphatic rings. The molecule has 0 spiro atoms. The topological polar surface area (TPSA) is 94.9 Å². The Hall–Kier alpha value is -3.50. The summed E-state index contributed by atoms with van der Waals surface area (Å²) in [6.45, 7) is 9.98. The Morgan fingerprint density at radius 1 is 1.13 bits per heavy atom. The van der Waals surface area contributed by atoms with Gasteiger partial charge in [-0.2, -0.15) is 23.3 Å². The van der Waals surface area contributed by atoms with Gasteiger partial charge in [-0.15, -0.1) is 11.1 Å². The second kappa shape index (κ2) is 13.5. The normalized spacial score (nSPS) is 19.8. The number of hydrogen-bond acceptors (Lipinski definition) is 6. The Balaban J connectivity index is 1.43. The van der Waals surface area contributed by atoms with Gasteiger partial charge in [0.1, 0.15) is 11.4 Å². The van der Waals surface area contributed by atoms with E-state index in [1.54, 1.807) is 43.0 Å². The zero-order chi connectivity index (χ0) is 33.2. The Kier molecular flexibility index (Phi) is 10.3. The van der Waals surface area contributed by atoms with Crippen LogP contribution >= 0.6 is 11.1 Å². The molecule has 1 N–H and O–H groups in total. The SMILES string of the molecule is CC(C)(C)OC(=O)N1CCC(CCOc2ccc([SH]3NN(c4ccc(C#N)c(C(F)(F)F)c4)C(=O)C3(C)C)cc2CCF)CC1. The number of aryl methyl sites for hydroxylation is 1. The summed E-state index contributed by atoms with van der Waals surface area (Å²) in [5.74, 6) is 0.493. The highest BCUT2D eigenvalue weighted by molar-refractivity contribution is 8.17. The largest absolute Gasteiger partial charge is 0.493 e. The van der Waals surface area contributed by atoms with Crippen molar-refractivity contribution in [2.45, 2.75) is 81.7 Å². The van der Waals surface area contributed by atoms with Crippen molar-refractivity contribution < 1.29 is 36.6 Å². The molecular weight excluding hydrogens is 612 g/mol. The monoisotopic (exact) mass is 652 g/mol. The van der Waals surface area contributed by atoms with Gasteiger partial charge in [-0.25, -0.2) is 9.80 Å². The van der Waals surface area contributed by atoms with Gasteiger partial charge in [-0.1, -0.05) is 0 Å². The summed E-state index contributed by atoms with van der Waals surface area (Å²) >= 11 is -1.46. The zero-order valence-corrected chi connectivity index (χ0v) is 27.0. The van der Waals surface area contributed by atoms with E-state index in [9.17, 15) is 27.2 Å². The number of alkyl halides is 4. The minimum atomic E-state index is -4.77. The second-order valence-electron chi connectivity index (χ2n) is 12.8. The molecule has 2 heterocycles. The van der Waals surface area contributed by atoms with Gasteiger partial charge in [0, 0.05) is 24.4 Å². The van der Waals surface area contributed by atoms with Gasteiger partial charge in [-0.05, 0) is 102 Å². The molecule has 0 bridgehead atoms. The standard InChI is InChI=1S/C32H40F4N4O4S/c1-30(2,3)44-29(42)39-15-11-21(12-16-39)13-17-43-27-9-8-25(18-22(27)10-14-33)45-31(4,5)28(41)40(38-45)24-7-6-23(20-37)26(19-24)32(34,35)36/h6-9,18-19,21,38,45H,10-17H2,1-5H3. The predicted octanol–water partition coefficient (Wildman–Crippen LogP) is 7.11. The van der Waals surface area contributed by atoms with Crippen LogP contribution in [0.15, 0.2) is 41.3 Å². The number of piperidine rings is 1. The van der Waals surface area contributed by atoms with Gasteiger partial charge < -0.3 is 14.4 Å². The molecule has 246 valence electrons. The Morgan fingerprint density at radius 2 is 1.82 bits per heavy atom. The maximum atomic E-state index is 13.6. The molecule has 2 saturated heterocycles.